The van der Waals surface area contributed by atoms with Gasteiger partial charge >= 0.3 is 0 Å². The first-order valence-corrected chi connectivity index (χ1v) is 6.50. The van der Waals surface area contributed by atoms with Crippen LogP contribution in [0.3, 0.4) is 0 Å². The molecule has 3 N–H and O–H groups in total. The van der Waals surface area contributed by atoms with Crippen LogP contribution in [0.15, 0.2) is 35.4 Å². The summed E-state index contributed by atoms with van der Waals surface area (Å²) < 4.78 is 0. The molecule has 0 fully saturated rings. The lowest BCUT2D eigenvalue weighted by molar-refractivity contribution is -0.121. The van der Waals surface area contributed by atoms with E-state index in [2.05, 4.69) is 15.8 Å². The predicted octanol–water partition coefficient (Wildman–Crippen LogP) is -0.0278. The van der Waals surface area contributed by atoms with Crippen molar-refractivity contribution in [2.24, 2.45) is 5.10 Å². The fourth-order valence-electron chi connectivity index (χ4n) is 1.97. The number of hydrogen-bond donors (Lipinski definition) is 3. The summed E-state index contributed by atoms with van der Waals surface area (Å²) in [7, 11) is 0. The van der Waals surface area contributed by atoms with Gasteiger partial charge in [-0.3, -0.25) is 9.59 Å². The number of nitrogens with one attached hydrogen (secondary N) is 2. The van der Waals surface area contributed by atoms with Crippen molar-refractivity contribution in [3.63, 3.8) is 0 Å². The Labute approximate surface area is 116 Å². The van der Waals surface area contributed by atoms with Crippen molar-refractivity contribution in [2.75, 3.05) is 6.61 Å². The van der Waals surface area contributed by atoms with E-state index in [1.165, 1.54) is 0 Å². The van der Waals surface area contributed by atoms with Crippen molar-refractivity contribution in [2.45, 2.75) is 25.3 Å². The molecule has 2 rings (SSSR count). The van der Waals surface area contributed by atoms with Crippen molar-refractivity contribution in [1.29, 1.82) is 0 Å². The minimum atomic E-state index is -0.370. The molecule has 20 heavy (non-hydrogen) atoms. The quantitative estimate of drug-likeness (QED) is 0.705. The minimum Gasteiger partial charge on any atom is -0.394 e. The second-order valence-electron chi connectivity index (χ2n) is 4.64. The highest BCUT2D eigenvalue weighted by Gasteiger charge is 2.20. The molecular weight excluding hydrogens is 258 g/mol. The first kappa shape index (κ1) is 14.2. The standard InChI is InChI=1S/C14H17N3O3/c18-9-11(8-10-4-2-1-3-5-10)15-14(20)12-6-7-13(19)17-16-12/h1-5,11,18H,6-9H2,(H,15,20)(H,17,19)/t11-/m1/s1. The molecule has 0 bridgehead atoms. The number of amides is 2. The summed E-state index contributed by atoms with van der Waals surface area (Å²) in [5.41, 5.74) is 3.60. The van der Waals surface area contributed by atoms with Gasteiger partial charge in [0, 0.05) is 12.8 Å². The molecule has 0 aromatic heterocycles. The number of benzene rings is 1. The molecule has 0 unspecified atom stereocenters. The van der Waals surface area contributed by atoms with Crippen LogP contribution < -0.4 is 10.7 Å². The van der Waals surface area contributed by atoms with E-state index in [-0.39, 0.29) is 36.6 Å². The van der Waals surface area contributed by atoms with Crippen molar-refractivity contribution >= 4 is 17.5 Å². The van der Waals surface area contributed by atoms with Gasteiger partial charge < -0.3 is 10.4 Å². The van der Waals surface area contributed by atoms with Gasteiger partial charge in [-0.15, -0.1) is 0 Å². The third-order valence-electron chi connectivity index (χ3n) is 3.05. The lowest BCUT2D eigenvalue weighted by Crippen LogP contribution is -2.44. The number of carbonyl (C=O) groups excluding carboxylic acids is 2. The molecular formula is C14H17N3O3. The highest BCUT2D eigenvalue weighted by molar-refractivity contribution is 6.39. The van der Waals surface area contributed by atoms with E-state index in [9.17, 15) is 14.7 Å². The topological polar surface area (TPSA) is 90.8 Å². The Kier molecular flexibility index (Phi) is 4.84. The summed E-state index contributed by atoms with van der Waals surface area (Å²) in [5.74, 6) is -0.537. The van der Waals surface area contributed by atoms with Crippen molar-refractivity contribution in [3.05, 3.63) is 35.9 Å². The Balaban J connectivity index is 1.93. The van der Waals surface area contributed by atoms with Crippen molar-refractivity contribution in [3.8, 4) is 0 Å². The van der Waals surface area contributed by atoms with Gasteiger partial charge in [0.2, 0.25) is 5.91 Å². The number of aliphatic hydroxyl groups excluding tert-OH is 1. The Morgan fingerprint density at radius 2 is 2.10 bits per heavy atom. The molecule has 6 heteroatoms. The fourth-order valence-corrected chi connectivity index (χ4v) is 1.97. The van der Waals surface area contributed by atoms with E-state index >= 15 is 0 Å². The average Bonchev–Trinajstić information content (AvgIpc) is 2.48. The van der Waals surface area contributed by atoms with Crippen LogP contribution in [0.4, 0.5) is 0 Å². The molecule has 1 aromatic rings. The van der Waals surface area contributed by atoms with E-state index in [4.69, 9.17) is 0 Å². The number of nitrogens with zero attached hydrogens (tertiary/aromatic N) is 1. The Hall–Kier alpha value is -2.21. The fraction of sp³-hybridized carbons (Fsp3) is 0.357. The smallest absolute Gasteiger partial charge is 0.267 e. The monoisotopic (exact) mass is 275 g/mol. The zero-order chi connectivity index (χ0) is 14.4. The molecule has 0 saturated heterocycles. The summed E-state index contributed by atoms with van der Waals surface area (Å²) in [4.78, 5) is 22.9. The molecule has 0 aliphatic carbocycles. The SMILES string of the molecule is O=C1CCC(C(=O)N[C@@H](CO)Cc2ccccc2)=NN1. The largest absolute Gasteiger partial charge is 0.394 e. The van der Waals surface area contributed by atoms with E-state index in [0.29, 0.717) is 12.8 Å². The van der Waals surface area contributed by atoms with Gasteiger partial charge in [0.1, 0.15) is 5.71 Å². The number of hydrazone groups is 1. The van der Waals surface area contributed by atoms with E-state index in [1.54, 1.807) is 0 Å². The Bertz CT molecular complexity index is 514. The number of rotatable bonds is 5. The second-order valence-corrected chi connectivity index (χ2v) is 4.64. The first-order chi connectivity index (χ1) is 9.69. The first-order valence-electron chi connectivity index (χ1n) is 6.50. The van der Waals surface area contributed by atoms with Gasteiger partial charge in [-0.25, -0.2) is 5.43 Å². The third kappa shape index (κ3) is 3.89. The van der Waals surface area contributed by atoms with Crippen LogP contribution in [-0.4, -0.2) is 35.3 Å². The van der Waals surface area contributed by atoms with E-state index < -0.39 is 0 Å². The van der Waals surface area contributed by atoms with Crippen LogP contribution in [-0.2, 0) is 16.0 Å². The van der Waals surface area contributed by atoms with Gasteiger partial charge in [-0.2, -0.15) is 5.10 Å². The molecule has 1 atom stereocenters. The molecule has 1 aromatic carbocycles. The summed E-state index contributed by atoms with van der Waals surface area (Å²) in [6.45, 7) is -0.153. The number of aliphatic hydroxyl groups is 1. The van der Waals surface area contributed by atoms with Crippen molar-refractivity contribution in [1.82, 2.24) is 10.7 Å². The maximum absolute atomic E-state index is 12.0. The predicted molar refractivity (Wildman–Crippen MR) is 74.0 cm³/mol. The molecule has 0 radical (unpaired) electrons. The van der Waals surface area contributed by atoms with Crippen LogP contribution in [0.1, 0.15) is 18.4 Å². The lowest BCUT2D eigenvalue weighted by Gasteiger charge is -2.18. The van der Waals surface area contributed by atoms with Gasteiger partial charge in [0.25, 0.3) is 5.91 Å². The van der Waals surface area contributed by atoms with Gasteiger partial charge in [-0.1, -0.05) is 30.3 Å². The minimum absolute atomic E-state index is 0.153. The molecule has 0 spiro atoms. The van der Waals surface area contributed by atoms with E-state index in [1.807, 2.05) is 30.3 Å². The van der Waals surface area contributed by atoms with Gasteiger partial charge in [0.05, 0.1) is 12.6 Å². The average molecular weight is 275 g/mol. The molecule has 6 nitrogen and oxygen atoms in total. The Morgan fingerprint density at radius 1 is 1.35 bits per heavy atom. The van der Waals surface area contributed by atoms with Crippen LogP contribution in [0, 0.1) is 0 Å². The van der Waals surface area contributed by atoms with Gasteiger partial charge in [0.15, 0.2) is 0 Å². The summed E-state index contributed by atoms with van der Waals surface area (Å²) >= 11 is 0. The van der Waals surface area contributed by atoms with Crippen LogP contribution >= 0.6 is 0 Å². The lowest BCUT2D eigenvalue weighted by atomic mass is 10.1. The van der Waals surface area contributed by atoms with Crippen LogP contribution in [0.2, 0.25) is 0 Å². The zero-order valence-corrected chi connectivity index (χ0v) is 11.0. The van der Waals surface area contributed by atoms with Gasteiger partial charge in [-0.05, 0) is 12.0 Å². The van der Waals surface area contributed by atoms with E-state index in [0.717, 1.165) is 5.56 Å². The molecule has 1 heterocycles. The normalized spacial score (nSPS) is 16.1. The Morgan fingerprint density at radius 3 is 2.70 bits per heavy atom. The second kappa shape index (κ2) is 6.81. The number of carbonyl (C=O) groups is 2. The maximum atomic E-state index is 12.0. The van der Waals surface area contributed by atoms with Crippen molar-refractivity contribution < 1.29 is 14.7 Å². The van der Waals surface area contributed by atoms with Crippen LogP contribution in [0.25, 0.3) is 0 Å². The molecule has 0 saturated carbocycles. The molecule has 1 aliphatic rings. The van der Waals surface area contributed by atoms with Crippen LogP contribution in [0.5, 0.6) is 0 Å². The molecule has 1 aliphatic heterocycles. The molecule has 2 amide bonds. The molecule has 106 valence electrons. The third-order valence-corrected chi connectivity index (χ3v) is 3.05. The summed E-state index contributed by atoms with van der Waals surface area (Å²) in [5, 5.41) is 15.8. The highest BCUT2D eigenvalue weighted by atomic mass is 16.3. The summed E-state index contributed by atoms with van der Waals surface area (Å²) in [6, 6.07) is 9.24. The summed E-state index contributed by atoms with van der Waals surface area (Å²) in [6.07, 6.45) is 1.12. The zero-order valence-electron chi connectivity index (χ0n) is 11.0. The number of hydrogen-bond acceptors (Lipinski definition) is 4. The highest BCUT2D eigenvalue weighted by Crippen LogP contribution is 2.04. The maximum Gasteiger partial charge on any atom is 0.267 e.